The molecule has 1 fully saturated rings. The van der Waals surface area contributed by atoms with Crippen molar-refractivity contribution >= 4 is 17.4 Å². The van der Waals surface area contributed by atoms with Crippen LogP contribution in [0.2, 0.25) is 5.02 Å². The van der Waals surface area contributed by atoms with Gasteiger partial charge in [0.2, 0.25) is 5.78 Å². The smallest absolute Gasteiger partial charge is 0.205 e. The molecule has 0 aromatic carbocycles. The third-order valence-corrected chi connectivity index (χ3v) is 3.57. The molecule has 2 rings (SSSR count). The highest BCUT2D eigenvalue weighted by Crippen LogP contribution is 2.24. The Morgan fingerprint density at radius 2 is 2.17 bits per heavy atom. The van der Waals surface area contributed by atoms with E-state index in [-0.39, 0.29) is 5.78 Å². The van der Waals surface area contributed by atoms with E-state index in [9.17, 15) is 4.79 Å². The molecule has 0 unspecified atom stereocenters. The normalized spacial score (nSPS) is 15.8. The summed E-state index contributed by atoms with van der Waals surface area (Å²) in [5.41, 5.74) is 1.79. The highest BCUT2D eigenvalue weighted by molar-refractivity contribution is 6.34. The number of ketones is 1. The predicted octanol–water partition coefficient (Wildman–Crippen LogP) is 4.02. The van der Waals surface area contributed by atoms with Crippen molar-refractivity contribution in [3.05, 3.63) is 28.6 Å². The van der Waals surface area contributed by atoms with Gasteiger partial charge in [-0.2, -0.15) is 5.10 Å². The van der Waals surface area contributed by atoms with Crippen molar-refractivity contribution < 1.29 is 4.79 Å². The maximum Gasteiger partial charge on any atom is 0.205 e. The van der Waals surface area contributed by atoms with Crippen LogP contribution in [0.1, 0.15) is 55.9 Å². The molecule has 98 valence electrons. The highest BCUT2D eigenvalue weighted by Gasteiger charge is 2.16. The molecule has 1 aromatic rings. The zero-order chi connectivity index (χ0) is 13.0. The van der Waals surface area contributed by atoms with Gasteiger partial charge in [0, 0.05) is 6.54 Å². The van der Waals surface area contributed by atoms with Gasteiger partial charge >= 0.3 is 0 Å². The van der Waals surface area contributed by atoms with Crippen LogP contribution in [0.3, 0.4) is 0 Å². The molecule has 0 radical (unpaired) electrons. The number of carbonyl (C=O) groups is 1. The molecule has 4 heteroatoms. The molecule has 1 saturated carbocycles. The van der Waals surface area contributed by atoms with Gasteiger partial charge in [-0.15, -0.1) is 0 Å². The van der Waals surface area contributed by atoms with Gasteiger partial charge in [0.25, 0.3) is 0 Å². The molecule has 1 aliphatic carbocycles. The third kappa shape index (κ3) is 3.02. The summed E-state index contributed by atoms with van der Waals surface area (Å²) < 4.78 is 1.71. The minimum atomic E-state index is 0.00264. The quantitative estimate of drug-likeness (QED) is 0.609. The second-order valence-corrected chi connectivity index (χ2v) is 5.20. The van der Waals surface area contributed by atoms with Crippen molar-refractivity contribution in [1.29, 1.82) is 0 Å². The summed E-state index contributed by atoms with van der Waals surface area (Å²) in [4.78, 5) is 12.3. The molecule has 0 atom stereocenters. The second-order valence-electron chi connectivity index (χ2n) is 4.79. The molecule has 0 saturated heterocycles. The van der Waals surface area contributed by atoms with Gasteiger partial charge in [0.15, 0.2) is 0 Å². The van der Waals surface area contributed by atoms with Gasteiger partial charge < -0.3 is 0 Å². The number of rotatable bonds is 4. The van der Waals surface area contributed by atoms with Crippen molar-refractivity contribution in [3.8, 4) is 0 Å². The minimum Gasteiger partial charge on any atom is -0.287 e. The number of allylic oxidation sites excluding steroid dienone is 2. The fourth-order valence-corrected chi connectivity index (χ4v) is 2.63. The van der Waals surface area contributed by atoms with Gasteiger partial charge in [0.05, 0.1) is 11.2 Å². The summed E-state index contributed by atoms with van der Waals surface area (Å²) in [5.74, 6) is 0.00264. The van der Waals surface area contributed by atoms with E-state index < -0.39 is 0 Å². The Bertz CT molecular complexity index is 454. The molecule has 1 aliphatic rings. The summed E-state index contributed by atoms with van der Waals surface area (Å²) in [6.07, 6.45) is 10.0. The van der Waals surface area contributed by atoms with E-state index >= 15 is 0 Å². The van der Waals surface area contributed by atoms with Crippen molar-refractivity contribution in [2.45, 2.75) is 52.0 Å². The van der Waals surface area contributed by atoms with Crippen LogP contribution >= 0.6 is 11.6 Å². The number of hydrogen-bond acceptors (Lipinski definition) is 2. The van der Waals surface area contributed by atoms with E-state index in [1.54, 1.807) is 17.0 Å². The van der Waals surface area contributed by atoms with Crippen LogP contribution in [0, 0.1) is 0 Å². The molecule has 0 aliphatic heterocycles. The number of aryl methyl sites for hydroxylation is 1. The lowest BCUT2D eigenvalue weighted by Crippen LogP contribution is -2.10. The van der Waals surface area contributed by atoms with E-state index in [0.717, 1.165) is 25.8 Å². The number of nitrogens with zero attached hydrogens (tertiary/aromatic N) is 2. The average Bonchev–Trinajstić information content (AvgIpc) is 2.72. The fourth-order valence-electron chi connectivity index (χ4n) is 2.39. The molecule has 0 bridgehead atoms. The first-order valence-corrected chi connectivity index (χ1v) is 7.05. The molecule has 1 aromatic heterocycles. The van der Waals surface area contributed by atoms with E-state index in [1.807, 2.05) is 0 Å². The van der Waals surface area contributed by atoms with Gasteiger partial charge in [-0.3, -0.25) is 9.48 Å². The van der Waals surface area contributed by atoms with E-state index in [2.05, 4.69) is 12.0 Å². The minimum absolute atomic E-state index is 0.00264. The fraction of sp³-hybridized carbons (Fsp3) is 0.571. The Balaban J connectivity index is 2.19. The summed E-state index contributed by atoms with van der Waals surface area (Å²) in [6, 6.07) is 0. The lowest BCUT2D eigenvalue weighted by atomic mass is 9.94. The Hall–Kier alpha value is -1.09. The highest BCUT2D eigenvalue weighted by atomic mass is 35.5. The van der Waals surface area contributed by atoms with Crippen LogP contribution in [-0.2, 0) is 6.54 Å². The molecule has 1 heterocycles. The predicted molar refractivity (Wildman–Crippen MR) is 73.0 cm³/mol. The Morgan fingerprint density at radius 1 is 1.44 bits per heavy atom. The maximum absolute atomic E-state index is 12.3. The molecule has 0 amide bonds. The van der Waals surface area contributed by atoms with Crippen LogP contribution in [0.5, 0.6) is 0 Å². The molecular weight excluding hydrogens is 248 g/mol. The lowest BCUT2D eigenvalue weighted by molar-refractivity contribution is 0.103. The van der Waals surface area contributed by atoms with Gasteiger partial charge in [0.1, 0.15) is 5.69 Å². The number of carbonyl (C=O) groups excluding carboxylic acids is 1. The van der Waals surface area contributed by atoms with E-state index in [1.165, 1.54) is 24.8 Å². The van der Waals surface area contributed by atoms with E-state index in [4.69, 9.17) is 11.6 Å². The van der Waals surface area contributed by atoms with Crippen molar-refractivity contribution in [3.63, 3.8) is 0 Å². The summed E-state index contributed by atoms with van der Waals surface area (Å²) in [5, 5.41) is 4.61. The molecule has 0 spiro atoms. The van der Waals surface area contributed by atoms with Crippen molar-refractivity contribution in [2.24, 2.45) is 0 Å². The van der Waals surface area contributed by atoms with Crippen LogP contribution in [-0.4, -0.2) is 15.6 Å². The number of aromatic nitrogens is 2. The van der Waals surface area contributed by atoms with E-state index in [0.29, 0.717) is 10.7 Å². The second kappa shape index (κ2) is 6.19. The van der Waals surface area contributed by atoms with Crippen LogP contribution in [0.15, 0.2) is 17.8 Å². The van der Waals surface area contributed by atoms with Gasteiger partial charge in [-0.1, -0.05) is 30.5 Å². The Kier molecular flexibility index (Phi) is 4.59. The first-order valence-electron chi connectivity index (χ1n) is 6.67. The Morgan fingerprint density at radius 3 is 2.83 bits per heavy atom. The molecule has 0 N–H and O–H groups in total. The number of halogens is 1. The molecular formula is C14H19ClN2O. The summed E-state index contributed by atoms with van der Waals surface area (Å²) in [6.45, 7) is 2.79. The standard InChI is InChI=1S/C14H19ClN2O/c1-2-8-17-14(12(15)10-16-17)13(18)9-11-6-4-3-5-7-11/h9-10H,2-8H2,1H3. The first kappa shape index (κ1) is 13.3. The average molecular weight is 267 g/mol. The zero-order valence-electron chi connectivity index (χ0n) is 10.8. The SMILES string of the molecule is CCCn1ncc(Cl)c1C(=O)C=C1CCCCC1. The molecule has 3 nitrogen and oxygen atoms in total. The van der Waals surface area contributed by atoms with Gasteiger partial charge in [-0.25, -0.2) is 0 Å². The van der Waals surface area contributed by atoms with Crippen molar-refractivity contribution in [2.75, 3.05) is 0 Å². The van der Waals surface area contributed by atoms with Crippen LogP contribution in [0.4, 0.5) is 0 Å². The summed E-state index contributed by atoms with van der Waals surface area (Å²) in [7, 11) is 0. The molecule has 18 heavy (non-hydrogen) atoms. The van der Waals surface area contributed by atoms with Gasteiger partial charge in [-0.05, 0) is 38.2 Å². The monoisotopic (exact) mass is 266 g/mol. The lowest BCUT2D eigenvalue weighted by Gasteiger charge is -2.13. The zero-order valence-corrected chi connectivity index (χ0v) is 11.5. The van der Waals surface area contributed by atoms with Crippen molar-refractivity contribution in [1.82, 2.24) is 9.78 Å². The first-order chi connectivity index (χ1) is 8.72. The Labute approximate surface area is 113 Å². The van der Waals surface area contributed by atoms with Crippen LogP contribution in [0.25, 0.3) is 0 Å². The summed E-state index contributed by atoms with van der Waals surface area (Å²) >= 11 is 6.06. The maximum atomic E-state index is 12.3. The largest absolute Gasteiger partial charge is 0.287 e. The topological polar surface area (TPSA) is 34.9 Å². The number of hydrogen-bond donors (Lipinski definition) is 0. The third-order valence-electron chi connectivity index (χ3n) is 3.29. The van der Waals surface area contributed by atoms with Crippen LogP contribution < -0.4 is 0 Å².